The van der Waals surface area contributed by atoms with E-state index in [1.807, 2.05) is 23.6 Å². The summed E-state index contributed by atoms with van der Waals surface area (Å²) >= 11 is 0. The Morgan fingerprint density at radius 2 is 1.77 bits per heavy atom. The molecule has 3 rings (SSSR count). The van der Waals surface area contributed by atoms with Crippen LogP contribution < -0.4 is 0 Å². The predicted molar refractivity (Wildman–Crippen MR) is 85.4 cm³/mol. The molecule has 2 aliphatic heterocycles. The molecule has 0 radical (unpaired) electrons. The average Bonchev–Trinajstić information content (AvgIpc) is 2.89. The zero-order chi connectivity index (χ0) is 15.9. The van der Waals surface area contributed by atoms with Crippen LogP contribution in [0.2, 0.25) is 0 Å². The van der Waals surface area contributed by atoms with Crippen molar-refractivity contribution in [3.8, 4) is 0 Å². The molecule has 0 bridgehead atoms. The van der Waals surface area contributed by atoms with Crippen LogP contribution in [0.25, 0.3) is 0 Å². The maximum atomic E-state index is 13.2. The normalized spacial score (nSPS) is 29.1. The molecule has 124 valence electrons. The van der Waals surface area contributed by atoms with Gasteiger partial charge < -0.3 is 14.7 Å². The van der Waals surface area contributed by atoms with Crippen molar-refractivity contribution in [3.05, 3.63) is 0 Å². The van der Waals surface area contributed by atoms with Gasteiger partial charge in [-0.15, -0.1) is 0 Å². The largest absolute Gasteiger partial charge is 0.340 e. The Balaban J connectivity index is 1.80. The lowest BCUT2D eigenvalue weighted by atomic mass is 9.67. The highest BCUT2D eigenvalue weighted by molar-refractivity contribution is 6.02. The number of amides is 2. The molecular weight excluding hydrogens is 278 g/mol. The van der Waals surface area contributed by atoms with Crippen molar-refractivity contribution in [1.82, 2.24) is 14.7 Å². The predicted octanol–water partition coefficient (Wildman–Crippen LogP) is 1.33. The van der Waals surface area contributed by atoms with Crippen LogP contribution in [-0.4, -0.2) is 71.8 Å². The number of likely N-dealkylation sites (tertiary alicyclic amines) is 1. The van der Waals surface area contributed by atoms with Crippen molar-refractivity contribution >= 4 is 11.8 Å². The second kappa shape index (κ2) is 5.84. The summed E-state index contributed by atoms with van der Waals surface area (Å²) in [6, 6.07) is -0.0896. The molecule has 1 aliphatic carbocycles. The number of likely N-dealkylation sites (N-methyl/N-ethyl adjacent to an activating group) is 1. The van der Waals surface area contributed by atoms with E-state index < -0.39 is 0 Å². The molecule has 1 saturated carbocycles. The van der Waals surface area contributed by atoms with E-state index in [1.165, 1.54) is 0 Å². The average molecular weight is 307 g/mol. The number of carbonyl (C=O) groups excluding carboxylic acids is 2. The summed E-state index contributed by atoms with van der Waals surface area (Å²) in [7, 11) is 2.11. The van der Waals surface area contributed by atoms with E-state index in [-0.39, 0.29) is 29.3 Å². The van der Waals surface area contributed by atoms with E-state index in [2.05, 4.69) is 11.9 Å². The zero-order valence-corrected chi connectivity index (χ0v) is 14.2. The topological polar surface area (TPSA) is 43.9 Å². The fourth-order valence-corrected chi connectivity index (χ4v) is 4.51. The summed E-state index contributed by atoms with van der Waals surface area (Å²) in [6.07, 6.45) is 5.00. The second-order valence-corrected chi connectivity index (χ2v) is 7.55. The summed E-state index contributed by atoms with van der Waals surface area (Å²) in [5, 5.41) is 0. The summed E-state index contributed by atoms with van der Waals surface area (Å²) in [4.78, 5) is 32.0. The van der Waals surface area contributed by atoms with E-state index in [9.17, 15) is 9.59 Å². The first-order chi connectivity index (χ1) is 10.5. The lowest BCUT2D eigenvalue weighted by Gasteiger charge is -2.56. The molecule has 1 unspecified atom stereocenters. The Morgan fingerprint density at radius 1 is 1.09 bits per heavy atom. The number of β-lactam (4-membered cyclic amide) rings is 1. The molecule has 2 saturated heterocycles. The Hall–Kier alpha value is -1.10. The molecular formula is C17H29N3O2. The van der Waals surface area contributed by atoms with Crippen LogP contribution in [-0.2, 0) is 9.59 Å². The molecule has 3 fully saturated rings. The Kier molecular flexibility index (Phi) is 4.19. The molecule has 3 aliphatic rings. The third kappa shape index (κ3) is 2.34. The number of rotatable bonds is 2. The highest BCUT2D eigenvalue weighted by Gasteiger charge is 2.65. The molecule has 0 N–H and O–H groups in total. The Bertz CT molecular complexity index is 457. The molecule has 0 aromatic rings. The third-order valence-electron chi connectivity index (χ3n) is 5.78. The molecule has 5 heteroatoms. The molecule has 1 atom stereocenters. The lowest BCUT2D eigenvalue weighted by Crippen LogP contribution is -2.74. The van der Waals surface area contributed by atoms with E-state index in [0.29, 0.717) is 0 Å². The Morgan fingerprint density at radius 3 is 2.41 bits per heavy atom. The highest BCUT2D eigenvalue weighted by atomic mass is 16.2. The smallest absolute Gasteiger partial charge is 0.246 e. The van der Waals surface area contributed by atoms with Crippen molar-refractivity contribution in [2.24, 2.45) is 5.41 Å². The van der Waals surface area contributed by atoms with E-state index in [1.54, 1.807) is 0 Å². The SMILES string of the molecule is CC(C)N1C(=O)C2(CCCC2)C1C(=O)N1CCCN(C)CC1. The van der Waals surface area contributed by atoms with E-state index >= 15 is 0 Å². The minimum atomic E-state index is -0.362. The summed E-state index contributed by atoms with van der Waals surface area (Å²) in [5.41, 5.74) is -0.362. The van der Waals surface area contributed by atoms with Gasteiger partial charge in [-0.1, -0.05) is 12.8 Å². The highest BCUT2D eigenvalue weighted by Crippen LogP contribution is 2.52. The van der Waals surface area contributed by atoms with E-state index in [0.717, 1.165) is 58.3 Å². The van der Waals surface area contributed by atoms with Gasteiger partial charge in [-0.2, -0.15) is 0 Å². The van der Waals surface area contributed by atoms with Gasteiger partial charge >= 0.3 is 0 Å². The molecule has 5 nitrogen and oxygen atoms in total. The number of hydrogen-bond donors (Lipinski definition) is 0. The van der Waals surface area contributed by atoms with Crippen LogP contribution in [0, 0.1) is 5.41 Å². The van der Waals surface area contributed by atoms with Gasteiger partial charge in [0.05, 0.1) is 5.41 Å². The van der Waals surface area contributed by atoms with Crippen molar-refractivity contribution in [2.45, 2.75) is 58.0 Å². The summed E-state index contributed by atoms with van der Waals surface area (Å²) in [6.45, 7) is 7.65. The standard InChI is InChI=1S/C17H29N3O2/c1-13(2)20-14(17(16(20)22)7-4-5-8-17)15(21)19-10-6-9-18(3)11-12-19/h13-14H,4-12H2,1-3H3. The fourth-order valence-electron chi connectivity index (χ4n) is 4.51. The van der Waals surface area contributed by atoms with Crippen LogP contribution in [0.4, 0.5) is 0 Å². The van der Waals surface area contributed by atoms with Crippen molar-refractivity contribution in [1.29, 1.82) is 0 Å². The zero-order valence-electron chi connectivity index (χ0n) is 14.2. The first kappa shape index (κ1) is 15.8. The lowest BCUT2D eigenvalue weighted by molar-refractivity contribution is -0.184. The van der Waals surface area contributed by atoms with Gasteiger partial charge in [-0.25, -0.2) is 0 Å². The Labute approximate surface area is 133 Å². The molecule has 0 aromatic carbocycles. The fraction of sp³-hybridized carbons (Fsp3) is 0.882. The number of nitrogens with zero attached hydrogens (tertiary/aromatic N) is 3. The third-order valence-corrected chi connectivity index (χ3v) is 5.78. The van der Waals surface area contributed by atoms with Crippen molar-refractivity contribution in [3.63, 3.8) is 0 Å². The van der Waals surface area contributed by atoms with Crippen LogP contribution >= 0.6 is 0 Å². The first-order valence-corrected chi connectivity index (χ1v) is 8.77. The molecule has 2 heterocycles. The van der Waals surface area contributed by atoms with Gasteiger partial charge in [0, 0.05) is 25.7 Å². The van der Waals surface area contributed by atoms with Gasteiger partial charge in [0.25, 0.3) is 0 Å². The number of hydrogen-bond acceptors (Lipinski definition) is 3. The van der Waals surface area contributed by atoms with Gasteiger partial charge in [-0.3, -0.25) is 9.59 Å². The quantitative estimate of drug-likeness (QED) is 0.723. The molecule has 0 aromatic heterocycles. The summed E-state index contributed by atoms with van der Waals surface area (Å²) in [5.74, 6) is 0.427. The monoisotopic (exact) mass is 307 g/mol. The van der Waals surface area contributed by atoms with Crippen LogP contribution in [0.3, 0.4) is 0 Å². The second-order valence-electron chi connectivity index (χ2n) is 7.55. The van der Waals surface area contributed by atoms with Gasteiger partial charge in [-0.05, 0) is 46.7 Å². The summed E-state index contributed by atoms with van der Waals surface area (Å²) < 4.78 is 0. The molecule has 2 amide bonds. The van der Waals surface area contributed by atoms with Crippen LogP contribution in [0.15, 0.2) is 0 Å². The van der Waals surface area contributed by atoms with Crippen LogP contribution in [0.1, 0.15) is 46.0 Å². The van der Waals surface area contributed by atoms with Gasteiger partial charge in [0.2, 0.25) is 11.8 Å². The van der Waals surface area contributed by atoms with Crippen LogP contribution in [0.5, 0.6) is 0 Å². The molecule has 22 heavy (non-hydrogen) atoms. The maximum absolute atomic E-state index is 13.2. The molecule has 1 spiro atoms. The first-order valence-electron chi connectivity index (χ1n) is 8.77. The minimum absolute atomic E-state index is 0.113. The van der Waals surface area contributed by atoms with Gasteiger partial charge in [0.15, 0.2) is 0 Å². The van der Waals surface area contributed by atoms with E-state index in [4.69, 9.17) is 0 Å². The maximum Gasteiger partial charge on any atom is 0.246 e. The number of carbonyl (C=O) groups is 2. The van der Waals surface area contributed by atoms with Crippen molar-refractivity contribution in [2.75, 3.05) is 33.2 Å². The minimum Gasteiger partial charge on any atom is -0.340 e. The van der Waals surface area contributed by atoms with Gasteiger partial charge in [0.1, 0.15) is 6.04 Å². The van der Waals surface area contributed by atoms with Crippen molar-refractivity contribution < 1.29 is 9.59 Å².